The number of carbonyl (C=O) groups excluding carboxylic acids is 1. The van der Waals surface area contributed by atoms with Crippen LogP contribution < -0.4 is 10.9 Å². The van der Waals surface area contributed by atoms with E-state index >= 15 is 0 Å². The zero-order valence-corrected chi connectivity index (χ0v) is 20.9. The molecule has 0 aliphatic heterocycles. The van der Waals surface area contributed by atoms with Gasteiger partial charge in [0, 0.05) is 12.2 Å². The van der Waals surface area contributed by atoms with Crippen molar-refractivity contribution in [1.82, 2.24) is 14.5 Å². The average molecular weight is 487 g/mol. The highest BCUT2D eigenvalue weighted by molar-refractivity contribution is 5.89. The summed E-state index contributed by atoms with van der Waals surface area (Å²) in [4.78, 5) is 33.8. The number of amides is 2. The lowest BCUT2D eigenvalue weighted by Crippen LogP contribution is -2.41. The molecule has 0 saturated carbocycles. The second-order valence-electron chi connectivity index (χ2n) is 8.71. The van der Waals surface area contributed by atoms with E-state index in [1.165, 1.54) is 12.1 Å². The molecule has 1 N–H and O–H groups in total. The Morgan fingerprint density at radius 3 is 2.44 bits per heavy atom. The van der Waals surface area contributed by atoms with Crippen LogP contribution in [0, 0.1) is 5.82 Å². The minimum absolute atomic E-state index is 0.180. The van der Waals surface area contributed by atoms with Gasteiger partial charge in [-0.1, -0.05) is 51.1 Å². The number of halogens is 1. The van der Waals surface area contributed by atoms with Crippen LogP contribution in [0.1, 0.15) is 51.0 Å². The summed E-state index contributed by atoms with van der Waals surface area (Å²) in [7, 11) is 0. The summed E-state index contributed by atoms with van der Waals surface area (Å²) >= 11 is 0. The van der Waals surface area contributed by atoms with E-state index in [0.29, 0.717) is 47.5 Å². The van der Waals surface area contributed by atoms with E-state index in [0.717, 1.165) is 12.0 Å². The van der Waals surface area contributed by atoms with Crippen molar-refractivity contribution in [1.29, 1.82) is 0 Å². The van der Waals surface area contributed by atoms with E-state index in [1.807, 2.05) is 56.3 Å². The first-order valence-corrected chi connectivity index (χ1v) is 12.4. The fourth-order valence-corrected chi connectivity index (χ4v) is 4.45. The number of nitrogens with one attached hydrogen (secondary N) is 1. The maximum Gasteiger partial charge on any atom is 0.322 e. The Balaban J connectivity index is 1.86. The van der Waals surface area contributed by atoms with E-state index in [2.05, 4.69) is 12.2 Å². The Bertz CT molecular complexity index is 1420. The van der Waals surface area contributed by atoms with Crippen LogP contribution in [0.25, 0.3) is 16.6 Å². The van der Waals surface area contributed by atoms with E-state index < -0.39 is 11.9 Å². The molecule has 0 aliphatic carbocycles. The predicted molar refractivity (Wildman–Crippen MR) is 142 cm³/mol. The zero-order valence-electron chi connectivity index (χ0n) is 20.9. The van der Waals surface area contributed by atoms with Gasteiger partial charge in [-0.3, -0.25) is 9.36 Å². The number of carbonyl (C=O) groups is 1. The van der Waals surface area contributed by atoms with Crippen LogP contribution in [0.15, 0.2) is 77.6 Å². The number of hydrogen-bond donors (Lipinski definition) is 1. The van der Waals surface area contributed by atoms with Crippen molar-refractivity contribution in [3.63, 3.8) is 0 Å². The first-order valence-electron chi connectivity index (χ1n) is 12.4. The van der Waals surface area contributed by atoms with Crippen molar-refractivity contribution in [2.24, 2.45) is 0 Å². The molecule has 186 valence electrons. The second kappa shape index (κ2) is 11.2. The number of para-hydroxylation sites is 1. The molecule has 4 rings (SSSR count). The largest absolute Gasteiger partial charge is 0.322 e. The van der Waals surface area contributed by atoms with Gasteiger partial charge in [0.1, 0.15) is 11.6 Å². The van der Waals surface area contributed by atoms with Crippen LogP contribution in [0.5, 0.6) is 0 Å². The van der Waals surface area contributed by atoms with Gasteiger partial charge in [0.25, 0.3) is 5.56 Å². The van der Waals surface area contributed by atoms with Gasteiger partial charge in [0.2, 0.25) is 0 Å². The molecule has 0 aliphatic rings. The summed E-state index contributed by atoms with van der Waals surface area (Å²) in [5.74, 6) is 0.0655. The zero-order chi connectivity index (χ0) is 25.7. The van der Waals surface area contributed by atoms with Gasteiger partial charge in [-0.15, -0.1) is 0 Å². The molecule has 7 heteroatoms. The summed E-state index contributed by atoms with van der Waals surface area (Å²) in [6, 6.07) is 20.0. The van der Waals surface area contributed by atoms with E-state index in [4.69, 9.17) is 4.98 Å². The maximum atomic E-state index is 13.8. The Kier molecular flexibility index (Phi) is 7.78. The van der Waals surface area contributed by atoms with Gasteiger partial charge in [-0.25, -0.2) is 14.2 Å². The highest BCUT2D eigenvalue weighted by Gasteiger charge is 2.29. The van der Waals surface area contributed by atoms with Crippen LogP contribution in [-0.4, -0.2) is 27.0 Å². The molecule has 1 heterocycles. The number of aryl methyl sites for hydroxylation is 1. The third-order valence-electron chi connectivity index (χ3n) is 6.27. The van der Waals surface area contributed by atoms with Gasteiger partial charge >= 0.3 is 6.03 Å². The van der Waals surface area contributed by atoms with Gasteiger partial charge < -0.3 is 10.2 Å². The highest BCUT2D eigenvalue weighted by Crippen LogP contribution is 2.27. The molecule has 36 heavy (non-hydrogen) atoms. The minimum atomic E-state index is -0.485. The molecule has 0 spiro atoms. The average Bonchev–Trinajstić information content (AvgIpc) is 2.89. The molecule has 6 nitrogen and oxygen atoms in total. The quantitative estimate of drug-likeness (QED) is 0.310. The summed E-state index contributed by atoms with van der Waals surface area (Å²) in [5, 5.41) is 3.33. The smallest absolute Gasteiger partial charge is 0.314 e. The first kappa shape index (κ1) is 25.1. The topological polar surface area (TPSA) is 67.2 Å². The fourth-order valence-electron chi connectivity index (χ4n) is 4.45. The number of hydrogen-bond acceptors (Lipinski definition) is 3. The molecule has 0 bridgehead atoms. The summed E-state index contributed by atoms with van der Waals surface area (Å²) in [6.07, 6.45) is 2.13. The molecule has 0 radical (unpaired) electrons. The van der Waals surface area contributed by atoms with Gasteiger partial charge in [0.15, 0.2) is 0 Å². The molecule has 0 saturated heterocycles. The molecular formula is C29H31FN4O2. The number of anilines is 1. The van der Waals surface area contributed by atoms with Crippen LogP contribution in [0.2, 0.25) is 0 Å². The number of rotatable bonds is 8. The van der Waals surface area contributed by atoms with Crippen molar-refractivity contribution < 1.29 is 9.18 Å². The first-order chi connectivity index (χ1) is 17.5. The van der Waals surface area contributed by atoms with Crippen LogP contribution in [-0.2, 0) is 6.42 Å². The third-order valence-corrected chi connectivity index (χ3v) is 6.27. The number of benzene rings is 3. The summed E-state index contributed by atoms with van der Waals surface area (Å²) < 4.78 is 15.4. The number of urea groups is 1. The maximum absolute atomic E-state index is 13.8. The lowest BCUT2D eigenvalue weighted by Gasteiger charge is -2.32. The standard InChI is InChI=1S/C29H31FN4O2/c1-4-18-33(29(36)31-22-11-9-10-21(30)19-22)26(6-3)27-32-25-13-8-7-12-24(25)28(35)34(27)23-16-14-20(5-2)15-17-23/h7-17,19,26H,4-6,18H2,1-3H3,(H,31,36). The van der Waals surface area contributed by atoms with Crippen molar-refractivity contribution in [3.8, 4) is 5.69 Å². The monoisotopic (exact) mass is 486 g/mol. The van der Waals surface area contributed by atoms with Gasteiger partial charge in [-0.05, 0) is 67.3 Å². The fraction of sp³-hybridized carbons (Fsp3) is 0.276. The van der Waals surface area contributed by atoms with E-state index in [9.17, 15) is 14.0 Å². The van der Waals surface area contributed by atoms with Gasteiger partial charge in [0.05, 0.1) is 22.6 Å². The normalized spacial score (nSPS) is 11.9. The van der Waals surface area contributed by atoms with Crippen molar-refractivity contribution in [2.75, 3.05) is 11.9 Å². The summed E-state index contributed by atoms with van der Waals surface area (Å²) in [6.45, 7) is 6.47. The number of nitrogens with zero attached hydrogens (tertiary/aromatic N) is 3. The molecule has 3 aromatic carbocycles. The SMILES string of the molecule is CCCN(C(=O)Nc1cccc(F)c1)C(CC)c1nc2ccccc2c(=O)n1-c1ccc(CC)cc1. The van der Waals surface area contributed by atoms with Crippen molar-refractivity contribution in [3.05, 3.63) is 100 Å². The lowest BCUT2D eigenvalue weighted by atomic mass is 10.1. The Morgan fingerprint density at radius 2 is 1.78 bits per heavy atom. The van der Waals surface area contributed by atoms with Crippen molar-refractivity contribution >= 4 is 22.6 Å². The highest BCUT2D eigenvalue weighted by atomic mass is 19.1. The number of fused-ring (bicyclic) bond motifs is 1. The predicted octanol–water partition coefficient (Wildman–Crippen LogP) is 6.48. The lowest BCUT2D eigenvalue weighted by molar-refractivity contribution is 0.181. The molecule has 2 amide bonds. The third kappa shape index (κ3) is 5.15. The van der Waals surface area contributed by atoms with Crippen LogP contribution in [0.4, 0.5) is 14.9 Å². The molecule has 1 aromatic heterocycles. The molecule has 1 atom stereocenters. The Morgan fingerprint density at radius 1 is 1.03 bits per heavy atom. The van der Waals surface area contributed by atoms with Crippen LogP contribution in [0.3, 0.4) is 0 Å². The minimum Gasteiger partial charge on any atom is -0.314 e. The van der Waals surface area contributed by atoms with E-state index in [-0.39, 0.29) is 11.6 Å². The number of aromatic nitrogens is 2. The van der Waals surface area contributed by atoms with Crippen molar-refractivity contribution in [2.45, 2.75) is 46.1 Å². The van der Waals surface area contributed by atoms with Crippen LogP contribution >= 0.6 is 0 Å². The summed E-state index contributed by atoms with van der Waals surface area (Å²) in [5.41, 5.74) is 2.64. The Hall–Kier alpha value is -4.00. The Labute approximate surface area is 210 Å². The molecule has 4 aromatic rings. The second-order valence-corrected chi connectivity index (χ2v) is 8.71. The molecule has 0 fully saturated rings. The van der Waals surface area contributed by atoms with E-state index in [1.54, 1.807) is 27.7 Å². The van der Waals surface area contributed by atoms with Gasteiger partial charge in [-0.2, -0.15) is 0 Å². The molecule has 1 unspecified atom stereocenters. The molecular weight excluding hydrogens is 455 g/mol.